The summed E-state index contributed by atoms with van der Waals surface area (Å²) in [5, 5.41) is 3.37. The van der Waals surface area contributed by atoms with E-state index < -0.39 is 0 Å². The summed E-state index contributed by atoms with van der Waals surface area (Å²) in [6.45, 7) is 1.74. The molecular weight excluding hydrogens is 318 g/mol. The maximum Gasteiger partial charge on any atom is 0.262 e. The SMILES string of the molecule is COc1ccc(OC)c(NC(=O)COc2ccc(Cl)cc2C)c1. The molecule has 0 aliphatic carbocycles. The Bertz CT molecular complexity index is 703. The van der Waals surface area contributed by atoms with E-state index in [0.29, 0.717) is 28.0 Å². The highest BCUT2D eigenvalue weighted by Gasteiger charge is 2.10. The van der Waals surface area contributed by atoms with Gasteiger partial charge in [-0.25, -0.2) is 0 Å². The van der Waals surface area contributed by atoms with Crippen molar-refractivity contribution in [2.24, 2.45) is 0 Å². The van der Waals surface area contributed by atoms with Gasteiger partial charge in [-0.3, -0.25) is 4.79 Å². The number of methoxy groups -OCH3 is 2. The van der Waals surface area contributed by atoms with Gasteiger partial charge in [0.25, 0.3) is 5.91 Å². The number of hydrogen-bond donors (Lipinski definition) is 1. The van der Waals surface area contributed by atoms with E-state index in [1.807, 2.05) is 6.92 Å². The number of benzene rings is 2. The largest absolute Gasteiger partial charge is 0.497 e. The number of nitrogens with one attached hydrogen (secondary N) is 1. The molecule has 0 bridgehead atoms. The average molecular weight is 336 g/mol. The summed E-state index contributed by atoms with van der Waals surface area (Å²) in [4.78, 5) is 12.1. The molecule has 0 saturated heterocycles. The van der Waals surface area contributed by atoms with Gasteiger partial charge in [-0.2, -0.15) is 0 Å². The highest BCUT2D eigenvalue weighted by molar-refractivity contribution is 6.30. The predicted octanol–water partition coefficient (Wildman–Crippen LogP) is 3.68. The maximum atomic E-state index is 12.1. The molecule has 23 heavy (non-hydrogen) atoms. The molecule has 2 aromatic rings. The Labute approximate surface area is 140 Å². The van der Waals surface area contributed by atoms with Gasteiger partial charge >= 0.3 is 0 Å². The fraction of sp³-hybridized carbons (Fsp3) is 0.235. The van der Waals surface area contributed by atoms with Crippen LogP contribution in [0.5, 0.6) is 17.2 Å². The molecule has 0 aliphatic heterocycles. The van der Waals surface area contributed by atoms with Crippen LogP contribution >= 0.6 is 11.6 Å². The number of carbonyl (C=O) groups is 1. The third-order valence-electron chi connectivity index (χ3n) is 3.18. The molecule has 5 nitrogen and oxygen atoms in total. The van der Waals surface area contributed by atoms with Crippen LogP contribution in [0.1, 0.15) is 5.56 Å². The first-order valence-corrected chi connectivity index (χ1v) is 7.32. The number of aryl methyl sites for hydroxylation is 1. The Morgan fingerprint density at radius 3 is 2.48 bits per heavy atom. The van der Waals surface area contributed by atoms with Crippen molar-refractivity contribution in [2.45, 2.75) is 6.92 Å². The van der Waals surface area contributed by atoms with Gasteiger partial charge in [0.05, 0.1) is 19.9 Å². The monoisotopic (exact) mass is 335 g/mol. The lowest BCUT2D eigenvalue weighted by atomic mass is 10.2. The first-order chi connectivity index (χ1) is 11.0. The zero-order valence-corrected chi connectivity index (χ0v) is 13.9. The molecule has 0 spiro atoms. The summed E-state index contributed by atoms with van der Waals surface area (Å²) in [7, 11) is 3.09. The van der Waals surface area contributed by atoms with Crippen LogP contribution in [0.3, 0.4) is 0 Å². The highest BCUT2D eigenvalue weighted by Crippen LogP contribution is 2.29. The van der Waals surface area contributed by atoms with E-state index in [1.165, 1.54) is 7.11 Å². The van der Waals surface area contributed by atoms with Gasteiger partial charge in [0, 0.05) is 11.1 Å². The summed E-state index contributed by atoms with van der Waals surface area (Å²) in [6, 6.07) is 10.4. The molecule has 2 rings (SSSR count). The first-order valence-electron chi connectivity index (χ1n) is 6.94. The molecular formula is C17H18ClNO4. The molecule has 6 heteroatoms. The zero-order valence-electron chi connectivity index (χ0n) is 13.2. The zero-order chi connectivity index (χ0) is 16.8. The lowest BCUT2D eigenvalue weighted by molar-refractivity contribution is -0.118. The van der Waals surface area contributed by atoms with Gasteiger partial charge in [-0.05, 0) is 42.8 Å². The number of hydrogen-bond acceptors (Lipinski definition) is 4. The molecule has 1 N–H and O–H groups in total. The molecule has 0 aromatic heterocycles. The standard InChI is InChI=1S/C17H18ClNO4/c1-11-8-12(18)4-6-15(11)23-10-17(20)19-14-9-13(21-2)5-7-16(14)22-3/h4-9H,10H2,1-3H3,(H,19,20). The van der Waals surface area contributed by atoms with Crippen molar-refractivity contribution in [3.05, 3.63) is 47.0 Å². The molecule has 0 atom stereocenters. The minimum Gasteiger partial charge on any atom is -0.497 e. The molecule has 0 heterocycles. The van der Waals surface area contributed by atoms with E-state index in [0.717, 1.165) is 5.56 Å². The molecule has 0 aliphatic rings. The van der Waals surface area contributed by atoms with Crippen LogP contribution in [0.15, 0.2) is 36.4 Å². The van der Waals surface area contributed by atoms with E-state index in [1.54, 1.807) is 43.5 Å². The van der Waals surface area contributed by atoms with Crippen LogP contribution in [-0.2, 0) is 4.79 Å². The Morgan fingerprint density at radius 2 is 1.83 bits per heavy atom. The third kappa shape index (κ3) is 4.53. The summed E-state index contributed by atoms with van der Waals surface area (Å²) < 4.78 is 15.9. The van der Waals surface area contributed by atoms with Crippen LogP contribution < -0.4 is 19.5 Å². The second kappa shape index (κ2) is 7.74. The van der Waals surface area contributed by atoms with Crippen molar-refractivity contribution < 1.29 is 19.0 Å². The molecule has 1 amide bonds. The smallest absolute Gasteiger partial charge is 0.262 e. The van der Waals surface area contributed by atoms with Crippen LogP contribution in [0.2, 0.25) is 5.02 Å². The van der Waals surface area contributed by atoms with Crippen molar-refractivity contribution in [1.82, 2.24) is 0 Å². The molecule has 122 valence electrons. The Morgan fingerprint density at radius 1 is 1.09 bits per heavy atom. The second-order valence-electron chi connectivity index (χ2n) is 4.81. The van der Waals surface area contributed by atoms with Gasteiger partial charge in [0.15, 0.2) is 6.61 Å². The Kier molecular flexibility index (Phi) is 5.71. The van der Waals surface area contributed by atoms with Crippen molar-refractivity contribution in [1.29, 1.82) is 0 Å². The van der Waals surface area contributed by atoms with Gasteiger partial charge < -0.3 is 19.5 Å². The summed E-state index contributed by atoms with van der Waals surface area (Å²) >= 11 is 5.89. The number of anilines is 1. The highest BCUT2D eigenvalue weighted by atomic mass is 35.5. The van der Waals surface area contributed by atoms with E-state index in [9.17, 15) is 4.79 Å². The topological polar surface area (TPSA) is 56.8 Å². The maximum absolute atomic E-state index is 12.1. The van der Waals surface area contributed by atoms with Crippen molar-refractivity contribution in [3.63, 3.8) is 0 Å². The number of rotatable bonds is 6. The van der Waals surface area contributed by atoms with Crippen LogP contribution in [0, 0.1) is 6.92 Å². The summed E-state index contributed by atoms with van der Waals surface area (Å²) in [5.74, 6) is 1.48. The number of halogens is 1. The quantitative estimate of drug-likeness (QED) is 0.874. The molecule has 0 radical (unpaired) electrons. The average Bonchev–Trinajstić information content (AvgIpc) is 2.54. The third-order valence-corrected chi connectivity index (χ3v) is 3.41. The lowest BCUT2D eigenvalue weighted by Crippen LogP contribution is -2.20. The van der Waals surface area contributed by atoms with Gasteiger partial charge in [0.1, 0.15) is 17.2 Å². The number of amides is 1. The van der Waals surface area contributed by atoms with Gasteiger partial charge in [0.2, 0.25) is 0 Å². The fourth-order valence-corrected chi connectivity index (χ4v) is 2.24. The normalized spacial score (nSPS) is 10.1. The predicted molar refractivity (Wildman–Crippen MR) is 89.9 cm³/mol. The minimum atomic E-state index is -0.300. The fourth-order valence-electron chi connectivity index (χ4n) is 2.02. The summed E-state index contributed by atoms with van der Waals surface area (Å²) in [6.07, 6.45) is 0. The molecule has 0 fully saturated rings. The molecule has 2 aromatic carbocycles. The first kappa shape index (κ1) is 17.0. The van der Waals surface area contributed by atoms with E-state index in [-0.39, 0.29) is 12.5 Å². The van der Waals surface area contributed by atoms with E-state index in [4.69, 9.17) is 25.8 Å². The van der Waals surface area contributed by atoms with Gasteiger partial charge in [-0.15, -0.1) is 0 Å². The Hall–Kier alpha value is -2.40. The number of ether oxygens (including phenoxy) is 3. The molecule has 0 unspecified atom stereocenters. The van der Waals surface area contributed by atoms with Gasteiger partial charge in [-0.1, -0.05) is 11.6 Å². The van der Waals surface area contributed by atoms with E-state index in [2.05, 4.69) is 5.32 Å². The Balaban J connectivity index is 2.02. The van der Waals surface area contributed by atoms with Crippen molar-refractivity contribution in [2.75, 3.05) is 26.1 Å². The van der Waals surface area contributed by atoms with Crippen LogP contribution in [0.25, 0.3) is 0 Å². The summed E-state index contributed by atoms with van der Waals surface area (Å²) in [5.41, 5.74) is 1.39. The minimum absolute atomic E-state index is 0.122. The number of carbonyl (C=O) groups excluding carboxylic acids is 1. The van der Waals surface area contributed by atoms with Crippen LogP contribution in [-0.4, -0.2) is 26.7 Å². The van der Waals surface area contributed by atoms with Crippen LogP contribution in [0.4, 0.5) is 5.69 Å². The van der Waals surface area contributed by atoms with E-state index >= 15 is 0 Å². The van der Waals surface area contributed by atoms with Crippen molar-refractivity contribution >= 4 is 23.2 Å². The lowest BCUT2D eigenvalue weighted by Gasteiger charge is -2.13. The van der Waals surface area contributed by atoms with Crippen molar-refractivity contribution in [3.8, 4) is 17.2 Å². The second-order valence-corrected chi connectivity index (χ2v) is 5.25. The molecule has 0 saturated carbocycles.